The van der Waals surface area contributed by atoms with Crippen molar-refractivity contribution in [1.82, 2.24) is 21.5 Å². The molecule has 9 heteroatoms. The minimum atomic E-state index is -2.79. The summed E-state index contributed by atoms with van der Waals surface area (Å²) in [6.07, 6.45) is 1.24. The summed E-state index contributed by atoms with van der Waals surface area (Å²) < 4.78 is 29.5. The molecule has 2 saturated heterocycles. The Bertz CT molecular complexity index is 480. The number of hydrogen-bond donors (Lipinski definition) is 6. The second kappa shape index (κ2) is 8.94. The molecule has 3 aliphatic rings. The molecule has 0 spiro atoms. The lowest BCUT2D eigenvalue weighted by Crippen LogP contribution is -2.71. The summed E-state index contributed by atoms with van der Waals surface area (Å²) in [5.41, 5.74) is 5.92. The molecule has 3 rings (SSSR count). The summed E-state index contributed by atoms with van der Waals surface area (Å²) in [6.45, 7) is 3.01. The third kappa shape index (κ3) is 5.56. The molecule has 0 radical (unpaired) electrons. The summed E-state index contributed by atoms with van der Waals surface area (Å²) in [5.74, 6) is 0.685. The van der Waals surface area contributed by atoms with Crippen molar-refractivity contribution in [2.45, 2.75) is 76.2 Å². The lowest BCUT2D eigenvalue weighted by molar-refractivity contribution is -0.184. The molecule has 27 heavy (non-hydrogen) atoms. The molecule has 2 heterocycles. The second-order valence-electron chi connectivity index (χ2n) is 8.87. The van der Waals surface area contributed by atoms with Crippen LogP contribution in [0.1, 0.15) is 39.5 Å². The number of piperidine rings is 1. The molecule has 158 valence electrons. The van der Waals surface area contributed by atoms with E-state index >= 15 is 0 Å². The Kier molecular flexibility index (Phi) is 7.05. The van der Waals surface area contributed by atoms with Crippen LogP contribution in [0.5, 0.6) is 0 Å². The number of fused-ring (bicyclic) bond motifs is 1. The number of halogens is 2. The third-order valence-electron chi connectivity index (χ3n) is 6.21. The van der Waals surface area contributed by atoms with Gasteiger partial charge in [0.05, 0.1) is 24.0 Å². The minimum Gasteiger partial charge on any atom is -0.393 e. The summed E-state index contributed by atoms with van der Waals surface area (Å²) in [4.78, 5) is 0. The van der Waals surface area contributed by atoms with Crippen LogP contribution in [0.25, 0.3) is 0 Å². The first-order valence-electron chi connectivity index (χ1n) is 10.0. The van der Waals surface area contributed by atoms with Gasteiger partial charge in [-0.15, -0.1) is 0 Å². The Hall–Kier alpha value is -0.420. The zero-order valence-electron chi connectivity index (χ0n) is 16.1. The zero-order chi connectivity index (χ0) is 19.6. The Morgan fingerprint density at radius 3 is 2.59 bits per heavy atom. The van der Waals surface area contributed by atoms with E-state index in [4.69, 9.17) is 0 Å². The van der Waals surface area contributed by atoms with E-state index in [9.17, 15) is 19.0 Å². The van der Waals surface area contributed by atoms with Gasteiger partial charge in [-0.1, -0.05) is 0 Å². The topological polar surface area (TPSA) is 97.8 Å². The fourth-order valence-electron chi connectivity index (χ4n) is 4.92. The smallest absolute Gasteiger partial charge is 0.345 e. The molecular weight excluding hydrogens is 358 g/mol. The average Bonchev–Trinajstić information content (AvgIpc) is 2.59. The predicted octanol–water partition coefficient (Wildman–Crippen LogP) is 0.144. The van der Waals surface area contributed by atoms with Crippen molar-refractivity contribution in [3.05, 3.63) is 0 Å². The lowest BCUT2D eigenvalue weighted by atomic mass is 9.69. The maximum Gasteiger partial charge on any atom is 0.345 e. The number of ether oxygens (including phenoxy) is 1. The largest absolute Gasteiger partial charge is 0.393 e. The Morgan fingerprint density at radius 2 is 1.93 bits per heavy atom. The van der Waals surface area contributed by atoms with Gasteiger partial charge >= 0.3 is 6.61 Å². The van der Waals surface area contributed by atoms with E-state index in [2.05, 4.69) is 26.2 Å². The van der Waals surface area contributed by atoms with Crippen LogP contribution >= 0.6 is 0 Å². The van der Waals surface area contributed by atoms with E-state index < -0.39 is 24.4 Å². The van der Waals surface area contributed by atoms with E-state index in [1.807, 2.05) is 0 Å². The van der Waals surface area contributed by atoms with Crippen molar-refractivity contribution in [2.75, 3.05) is 19.6 Å². The summed E-state index contributed by atoms with van der Waals surface area (Å²) in [5, 5.41) is 27.4. The van der Waals surface area contributed by atoms with Crippen molar-refractivity contribution in [2.24, 2.45) is 17.8 Å². The molecule has 7 nitrogen and oxygen atoms in total. The van der Waals surface area contributed by atoms with Crippen molar-refractivity contribution in [3.63, 3.8) is 0 Å². The standard InChI is InChI=1S/C18H34F2N4O3/c1-18(2,26)9-22-16-13-8-21-6-5-11(13)15(23-24-16)12-4-3-10(7-14(12)25)27-17(19)20/h10-17,21-26H,3-9H2,1-2H3. The van der Waals surface area contributed by atoms with Gasteiger partial charge in [0, 0.05) is 37.4 Å². The number of nitrogens with one attached hydrogen (secondary N) is 4. The van der Waals surface area contributed by atoms with Gasteiger partial charge in [0.15, 0.2) is 0 Å². The van der Waals surface area contributed by atoms with Gasteiger partial charge in [0.25, 0.3) is 0 Å². The first kappa shape index (κ1) is 21.3. The lowest BCUT2D eigenvalue weighted by Gasteiger charge is -2.51. The normalized spacial score (nSPS) is 40.8. The highest BCUT2D eigenvalue weighted by Crippen LogP contribution is 2.38. The van der Waals surface area contributed by atoms with Crippen molar-refractivity contribution >= 4 is 0 Å². The van der Waals surface area contributed by atoms with E-state index in [1.54, 1.807) is 13.8 Å². The summed E-state index contributed by atoms with van der Waals surface area (Å²) >= 11 is 0. The van der Waals surface area contributed by atoms with Crippen molar-refractivity contribution in [3.8, 4) is 0 Å². The van der Waals surface area contributed by atoms with Crippen LogP contribution in [-0.2, 0) is 4.74 Å². The van der Waals surface area contributed by atoms with Crippen LogP contribution in [0.15, 0.2) is 0 Å². The number of rotatable bonds is 6. The van der Waals surface area contributed by atoms with Crippen LogP contribution in [0.2, 0.25) is 0 Å². The highest BCUT2D eigenvalue weighted by molar-refractivity contribution is 5.00. The van der Waals surface area contributed by atoms with Crippen molar-refractivity contribution in [1.29, 1.82) is 0 Å². The molecule has 0 aromatic heterocycles. The highest BCUT2D eigenvalue weighted by Gasteiger charge is 2.46. The van der Waals surface area contributed by atoms with Crippen LogP contribution in [0.3, 0.4) is 0 Å². The minimum absolute atomic E-state index is 0.0101. The molecule has 6 N–H and O–H groups in total. The number of hydrogen-bond acceptors (Lipinski definition) is 7. The van der Waals surface area contributed by atoms with Crippen LogP contribution < -0.4 is 21.5 Å². The van der Waals surface area contributed by atoms with Gasteiger partial charge in [-0.3, -0.25) is 10.7 Å². The third-order valence-corrected chi connectivity index (χ3v) is 6.21. The first-order chi connectivity index (χ1) is 12.7. The fraction of sp³-hybridized carbons (Fsp3) is 1.00. The first-order valence-corrected chi connectivity index (χ1v) is 10.0. The monoisotopic (exact) mass is 392 g/mol. The van der Waals surface area contributed by atoms with Gasteiger partial charge in [-0.25, -0.2) is 5.43 Å². The molecule has 7 atom stereocenters. The van der Waals surface area contributed by atoms with Gasteiger partial charge in [0.1, 0.15) is 0 Å². The van der Waals surface area contributed by atoms with Gasteiger partial charge < -0.3 is 20.3 Å². The van der Waals surface area contributed by atoms with E-state index in [0.29, 0.717) is 31.2 Å². The summed E-state index contributed by atoms with van der Waals surface area (Å²) in [7, 11) is 0. The number of alkyl halides is 2. The number of aliphatic hydroxyl groups is 2. The van der Waals surface area contributed by atoms with E-state index in [0.717, 1.165) is 19.5 Å². The molecule has 0 aromatic rings. The number of hydrazine groups is 1. The maximum absolute atomic E-state index is 12.5. The number of aliphatic hydroxyl groups excluding tert-OH is 1. The molecule has 3 fully saturated rings. The molecular formula is C18H34F2N4O3. The molecule has 7 unspecified atom stereocenters. The van der Waals surface area contributed by atoms with E-state index in [1.165, 1.54) is 0 Å². The predicted molar refractivity (Wildman–Crippen MR) is 96.8 cm³/mol. The molecule has 1 saturated carbocycles. The maximum atomic E-state index is 12.5. The zero-order valence-corrected chi connectivity index (χ0v) is 16.1. The second-order valence-corrected chi connectivity index (χ2v) is 8.87. The van der Waals surface area contributed by atoms with E-state index in [-0.39, 0.29) is 24.5 Å². The van der Waals surface area contributed by atoms with Gasteiger partial charge in [0.2, 0.25) is 0 Å². The Labute approximate surface area is 159 Å². The summed E-state index contributed by atoms with van der Waals surface area (Å²) in [6, 6.07) is 0.0831. The molecule has 1 aliphatic carbocycles. The molecule has 2 aliphatic heterocycles. The molecule has 0 bridgehead atoms. The van der Waals surface area contributed by atoms with Crippen molar-refractivity contribution < 1.29 is 23.7 Å². The molecule has 0 aromatic carbocycles. The SMILES string of the molecule is CC(C)(O)CNC1NNC(C2CCC(OC(F)F)CC2O)C2CCNCC12. The van der Waals surface area contributed by atoms with Crippen LogP contribution in [-0.4, -0.2) is 66.5 Å². The Balaban J connectivity index is 1.62. The average molecular weight is 392 g/mol. The van der Waals surface area contributed by atoms with Gasteiger partial charge in [-0.2, -0.15) is 8.78 Å². The van der Waals surface area contributed by atoms with Crippen LogP contribution in [0.4, 0.5) is 8.78 Å². The fourth-order valence-corrected chi connectivity index (χ4v) is 4.92. The Morgan fingerprint density at radius 1 is 1.15 bits per heavy atom. The quantitative estimate of drug-likeness (QED) is 0.383. The van der Waals surface area contributed by atoms with Crippen LogP contribution in [0, 0.1) is 17.8 Å². The molecule has 0 amide bonds. The highest BCUT2D eigenvalue weighted by atomic mass is 19.3. The van der Waals surface area contributed by atoms with Gasteiger partial charge in [-0.05, 0) is 45.6 Å².